The molecule has 0 saturated heterocycles. The smallest absolute Gasteiger partial charge is 0.325 e. The van der Waals surface area contributed by atoms with Gasteiger partial charge in [-0.1, -0.05) is 53.2 Å². The van der Waals surface area contributed by atoms with Crippen LogP contribution in [0.5, 0.6) is 0 Å². The highest BCUT2D eigenvalue weighted by Crippen LogP contribution is 2.24. The molecule has 0 fully saturated rings. The predicted octanol–water partition coefficient (Wildman–Crippen LogP) is 4.50. The minimum absolute atomic E-state index is 0.00211. The number of amides is 1. The van der Waals surface area contributed by atoms with Crippen molar-refractivity contribution in [2.24, 2.45) is 4.99 Å². The molecule has 0 saturated carbocycles. The number of thiazole rings is 1. The normalized spacial score (nSPS) is 12.0. The lowest BCUT2D eigenvalue weighted by Crippen LogP contribution is -2.22. The van der Waals surface area contributed by atoms with Gasteiger partial charge in [-0.3, -0.25) is 9.59 Å². The first-order chi connectivity index (χ1) is 12.9. The van der Waals surface area contributed by atoms with E-state index >= 15 is 0 Å². The number of rotatable bonds is 4. The zero-order chi connectivity index (χ0) is 19.6. The van der Waals surface area contributed by atoms with Gasteiger partial charge in [-0.05, 0) is 41.8 Å². The topological polar surface area (TPSA) is 60.7 Å². The van der Waals surface area contributed by atoms with E-state index in [4.69, 9.17) is 4.74 Å². The number of carbonyl (C=O) groups excluding carboxylic acids is 2. The first-order valence-electron chi connectivity index (χ1n) is 8.43. The van der Waals surface area contributed by atoms with Crippen molar-refractivity contribution in [3.05, 3.63) is 62.9 Å². The first kappa shape index (κ1) is 19.5. The van der Waals surface area contributed by atoms with Gasteiger partial charge in [-0.25, -0.2) is 0 Å². The number of halogens is 1. The van der Waals surface area contributed by atoms with Crippen LogP contribution in [0.3, 0.4) is 0 Å². The molecule has 3 rings (SSSR count). The highest BCUT2D eigenvalue weighted by atomic mass is 79.9. The SMILES string of the molecule is COC(=O)Cn1c(=NC(=O)c2cccc(Br)c2)sc2cc(C(C)C)ccc21. The molecule has 0 atom stereocenters. The molecular formula is C20H19BrN2O3S. The van der Waals surface area contributed by atoms with Crippen molar-refractivity contribution in [3.8, 4) is 0 Å². The van der Waals surface area contributed by atoms with Crippen molar-refractivity contribution in [3.63, 3.8) is 0 Å². The van der Waals surface area contributed by atoms with Gasteiger partial charge in [0.1, 0.15) is 6.54 Å². The van der Waals surface area contributed by atoms with E-state index in [1.165, 1.54) is 24.0 Å². The number of hydrogen-bond acceptors (Lipinski definition) is 4. The van der Waals surface area contributed by atoms with Crippen LogP contribution >= 0.6 is 27.3 Å². The molecule has 2 aromatic carbocycles. The summed E-state index contributed by atoms with van der Waals surface area (Å²) in [5.74, 6) is -0.362. The van der Waals surface area contributed by atoms with Crippen LogP contribution in [0, 0.1) is 0 Å². The van der Waals surface area contributed by atoms with Crippen LogP contribution < -0.4 is 4.80 Å². The van der Waals surface area contributed by atoms with Crippen molar-refractivity contribution in [1.29, 1.82) is 0 Å². The Labute approximate surface area is 169 Å². The molecule has 0 N–H and O–H groups in total. The number of benzene rings is 2. The van der Waals surface area contributed by atoms with Crippen molar-refractivity contribution >= 4 is 49.4 Å². The van der Waals surface area contributed by atoms with E-state index in [-0.39, 0.29) is 18.4 Å². The lowest BCUT2D eigenvalue weighted by atomic mass is 10.0. The number of ether oxygens (including phenoxy) is 1. The number of hydrogen-bond donors (Lipinski definition) is 0. The Morgan fingerprint density at radius 3 is 2.67 bits per heavy atom. The summed E-state index contributed by atoms with van der Waals surface area (Å²) in [4.78, 5) is 29.3. The van der Waals surface area contributed by atoms with E-state index in [2.05, 4.69) is 40.8 Å². The molecule has 1 amide bonds. The standard InChI is InChI=1S/C20H19BrN2O3S/c1-12(2)13-7-8-16-17(10-13)27-20(23(16)11-18(24)26-3)22-19(25)14-5-4-6-15(21)9-14/h4-10,12H,11H2,1-3H3. The second-order valence-electron chi connectivity index (χ2n) is 6.36. The van der Waals surface area contributed by atoms with Gasteiger partial charge >= 0.3 is 5.97 Å². The van der Waals surface area contributed by atoms with Gasteiger partial charge in [-0.15, -0.1) is 0 Å². The Bertz CT molecular complexity index is 1080. The molecule has 0 spiro atoms. The summed E-state index contributed by atoms with van der Waals surface area (Å²) in [6.07, 6.45) is 0. The molecule has 140 valence electrons. The van der Waals surface area contributed by atoms with E-state index in [0.717, 1.165) is 14.7 Å². The molecule has 0 aliphatic carbocycles. The number of methoxy groups -OCH3 is 1. The van der Waals surface area contributed by atoms with Crippen LogP contribution in [-0.2, 0) is 16.1 Å². The quantitative estimate of drug-likeness (QED) is 0.554. The Kier molecular flexibility index (Phi) is 5.92. The van der Waals surface area contributed by atoms with Crippen molar-refractivity contribution in [1.82, 2.24) is 4.57 Å². The Balaban J connectivity index is 2.15. The number of carbonyl (C=O) groups is 2. The maximum atomic E-state index is 12.6. The predicted molar refractivity (Wildman–Crippen MR) is 110 cm³/mol. The Morgan fingerprint density at radius 1 is 1.22 bits per heavy atom. The lowest BCUT2D eigenvalue weighted by molar-refractivity contribution is -0.141. The van der Waals surface area contributed by atoms with Crippen LogP contribution in [0.2, 0.25) is 0 Å². The van der Waals surface area contributed by atoms with Crippen LogP contribution in [0.1, 0.15) is 35.7 Å². The molecule has 0 unspecified atom stereocenters. The van der Waals surface area contributed by atoms with Crippen molar-refractivity contribution < 1.29 is 14.3 Å². The molecule has 3 aromatic rings. The second-order valence-corrected chi connectivity index (χ2v) is 8.28. The fourth-order valence-electron chi connectivity index (χ4n) is 2.65. The largest absolute Gasteiger partial charge is 0.468 e. The van der Waals surface area contributed by atoms with Gasteiger partial charge in [0, 0.05) is 10.0 Å². The lowest BCUT2D eigenvalue weighted by Gasteiger charge is -2.06. The number of fused-ring (bicyclic) bond motifs is 1. The fraction of sp³-hybridized carbons (Fsp3) is 0.250. The minimum atomic E-state index is -0.390. The van der Waals surface area contributed by atoms with E-state index in [1.807, 2.05) is 18.2 Å². The highest BCUT2D eigenvalue weighted by Gasteiger charge is 2.13. The average molecular weight is 447 g/mol. The maximum Gasteiger partial charge on any atom is 0.325 e. The summed E-state index contributed by atoms with van der Waals surface area (Å²) < 4.78 is 8.32. The van der Waals surface area contributed by atoms with Crippen LogP contribution in [0.25, 0.3) is 10.2 Å². The Morgan fingerprint density at radius 2 is 2.00 bits per heavy atom. The molecule has 0 radical (unpaired) electrons. The summed E-state index contributed by atoms with van der Waals surface area (Å²) in [6, 6.07) is 13.2. The van der Waals surface area contributed by atoms with Crippen molar-refractivity contribution in [2.45, 2.75) is 26.3 Å². The summed E-state index contributed by atoms with van der Waals surface area (Å²) >= 11 is 4.76. The molecular weight excluding hydrogens is 428 g/mol. The van der Waals surface area contributed by atoms with Crippen LogP contribution in [0.15, 0.2) is 51.9 Å². The monoisotopic (exact) mass is 446 g/mol. The summed E-state index contributed by atoms with van der Waals surface area (Å²) in [6.45, 7) is 4.25. The molecule has 5 nitrogen and oxygen atoms in total. The molecule has 27 heavy (non-hydrogen) atoms. The molecule has 0 bridgehead atoms. The zero-order valence-electron chi connectivity index (χ0n) is 15.2. The molecule has 1 aromatic heterocycles. The number of nitrogens with zero attached hydrogens (tertiary/aromatic N) is 2. The molecule has 7 heteroatoms. The third-order valence-corrected chi connectivity index (χ3v) is 5.69. The summed E-state index contributed by atoms with van der Waals surface area (Å²) in [5, 5.41) is 0. The minimum Gasteiger partial charge on any atom is -0.468 e. The van der Waals surface area contributed by atoms with Gasteiger partial charge < -0.3 is 9.30 Å². The van der Waals surface area contributed by atoms with E-state index in [1.54, 1.807) is 22.8 Å². The van der Waals surface area contributed by atoms with E-state index in [0.29, 0.717) is 16.3 Å². The zero-order valence-corrected chi connectivity index (χ0v) is 17.6. The fourth-order valence-corrected chi connectivity index (χ4v) is 4.13. The van der Waals surface area contributed by atoms with Gasteiger partial charge in [0.25, 0.3) is 5.91 Å². The van der Waals surface area contributed by atoms with Crippen molar-refractivity contribution in [2.75, 3.05) is 7.11 Å². The summed E-state index contributed by atoms with van der Waals surface area (Å²) in [7, 11) is 1.35. The van der Waals surface area contributed by atoms with Gasteiger partial charge in [0.15, 0.2) is 4.80 Å². The van der Waals surface area contributed by atoms with Gasteiger partial charge in [-0.2, -0.15) is 4.99 Å². The highest BCUT2D eigenvalue weighted by molar-refractivity contribution is 9.10. The molecule has 0 aliphatic heterocycles. The van der Waals surface area contributed by atoms with E-state index < -0.39 is 0 Å². The van der Waals surface area contributed by atoms with Gasteiger partial charge in [0.2, 0.25) is 0 Å². The third-order valence-electron chi connectivity index (χ3n) is 4.16. The number of aromatic nitrogens is 1. The molecule has 0 aliphatic rings. The van der Waals surface area contributed by atoms with Crippen LogP contribution in [0.4, 0.5) is 0 Å². The number of esters is 1. The maximum absolute atomic E-state index is 12.6. The Hall–Kier alpha value is -2.25. The third kappa shape index (κ3) is 4.36. The second kappa shape index (κ2) is 8.19. The van der Waals surface area contributed by atoms with Gasteiger partial charge in [0.05, 0.1) is 17.3 Å². The first-order valence-corrected chi connectivity index (χ1v) is 10.0. The van der Waals surface area contributed by atoms with Crippen LogP contribution in [-0.4, -0.2) is 23.6 Å². The molecule has 1 heterocycles. The average Bonchev–Trinajstić information content (AvgIpc) is 2.97. The van der Waals surface area contributed by atoms with E-state index in [9.17, 15) is 9.59 Å². The summed E-state index contributed by atoms with van der Waals surface area (Å²) in [5.41, 5.74) is 2.53.